The highest BCUT2D eigenvalue weighted by atomic mass is 32.2. The number of hydrogen-bond donors (Lipinski definition) is 0. The average molecular weight is 258 g/mol. The molecule has 0 aliphatic carbocycles. The van der Waals surface area contributed by atoms with Crippen LogP contribution in [0.15, 0.2) is 57.4 Å². The Morgan fingerprint density at radius 3 is 2.59 bits per heavy atom. The van der Waals surface area contributed by atoms with E-state index in [1.165, 1.54) is 11.8 Å². The lowest BCUT2D eigenvalue weighted by Gasteiger charge is -2.06. The van der Waals surface area contributed by atoms with Crippen molar-refractivity contribution in [1.82, 2.24) is 4.98 Å². The Labute approximate surface area is 109 Å². The molecule has 0 fully saturated rings. The molecular weight excluding hydrogens is 248 g/mol. The predicted octanol–water partition coefficient (Wildman–Crippen LogP) is 3.83. The van der Waals surface area contributed by atoms with Gasteiger partial charge in [-0.25, -0.2) is 4.98 Å². The zero-order chi connectivity index (χ0) is 12.1. The van der Waals surface area contributed by atoms with Crippen molar-refractivity contribution < 1.29 is 0 Å². The first-order valence-corrected chi connectivity index (χ1v) is 7.05. The summed E-state index contributed by atoms with van der Waals surface area (Å²) in [6, 6.07) is 13.9. The van der Waals surface area contributed by atoms with Crippen LogP contribution in [-0.2, 0) is 0 Å². The Morgan fingerprint density at radius 1 is 1.12 bits per heavy atom. The molecule has 2 nitrogen and oxygen atoms in total. The van der Waals surface area contributed by atoms with E-state index in [0.29, 0.717) is 0 Å². The largest absolute Gasteiger partial charge is 0.250 e. The van der Waals surface area contributed by atoms with Gasteiger partial charge in [0.05, 0.1) is 5.56 Å². The summed E-state index contributed by atoms with van der Waals surface area (Å²) in [5.41, 5.74) is 0.732. The molecule has 4 heteroatoms. The number of nitrogens with zero attached hydrogens (tertiary/aromatic N) is 2. The fraction of sp³-hybridized carbons (Fsp3) is 0.0769. The van der Waals surface area contributed by atoms with Crippen LogP contribution in [0.4, 0.5) is 0 Å². The van der Waals surface area contributed by atoms with Crippen molar-refractivity contribution >= 4 is 23.5 Å². The van der Waals surface area contributed by atoms with Crippen LogP contribution < -0.4 is 0 Å². The summed E-state index contributed by atoms with van der Waals surface area (Å²) in [7, 11) is 0. The maximum absolute atomic E-state index is 9.21. The molecule has 0 saturated carbocycles. The quantitative estimate of drug-likeness (QED) is 0.784. The number of nitriles is 1. The van der Waals surface area contributed by atoms with Crippen LogP contribution in [0.1, 0.15) is 5.56 Å². The van der Waals surface area contributed by atoms with E-state index in [1.807, 2.05) is 42.7 Å². The van der Waals surface area contributed by atoms with Crippen molar-refractivity contribution in [2.75, 3.05) is 6.26 Å². The van der Waals surface area contributed by atoms with Crippen molar-refractivity contribution in [3.8, 4) is 6.07 Å². The Morgan fingerprint density at radius 2 is 1.94 bits per heavy atom. The fourth-order valence-corrected chi connectivity index (χ4v) is 2.93. The second-order valence-electron chi connectivity index (χ2n) is 3.22. The molecule has 2 aromatic rings. The maximum atomic E-state index is 9.21. The molecule has 0 aliphatic heterocycles. The third kappa shape index (κ3) is 2.82. The van der Waals surface area contributed by atoms with Crippen LogP contribution in [0.3, 0.4) is 0 Å². The van der Waals surface area contributed by atoms with Gasteiger partial charge in [-0.1, -0.05) is 23.9 Å². The van der Waals surface area contributed by atoms with Gasteiger partial charge in [-0.3, -0.25) is 0 Å². The van der Waals surface area contributed by atoms with Crippen LogP contribution >= 0.6 is 23.5 Å². The highest BCUT2D eigenvalue weighted by Gasteiger charge is 2.08. The van der Waals surface area contributed by atoms with Gasteiger partial charge in [-0.05, 0) is 30.5 Å². The van der Waals surface area contributed by atoms with Crippen LogP contribution in [0.25, 0.3) is 0 Å². The Kier molecular flexibility index (Phi) is 4.08. The second kappa shape index (κ2) is 5.76. The number of aromatic nitrogens is 1. The molecule has 0 saturated heterocycles. The smallest absolute Gasteiger partial charge is 0.102 e. The van der Waals surface area contributed by atoms with E-state index in [9.17, 15) is 5.26 Å². The van der Waals surface area contributed by atoms with Crippen molar-refractivity contribution in [3.05, 3.63) is 48.2 Å². The summed E-state index contributed by atoms with van der Waals surface area (Å²) < 4.78 is 0. The molecule has 0 amide bonds. The zero-order valence-electron chi connectivity index (χ0n) is 9.25. The molecule has 1 aromatic carbocycles. The van der Waals surface area contributed by atoms with E-state index in [2.05, 4.69) is 11.1 Å². The van der Waals surface area contributed by atoms with Crippen molar-refractivity contribution in [2.24, 2.45) is 0 Å². The molecule has 0 radical (unpaired) electrons. The summed E-state index contributed by atoms with van der Waals surface area (Å²) in [6.07, 6.45) is 3.73. The van der Waals surface area contributed by atoms with Crippen molar-refractivity contribution in [3.63, 3.8) is 0 Å². The average Bonchev–Trinajstić information content (AvgIpc) is 2.39. The maximum Gasteiger partial charge on any atom is 0.102 e. The van der Waals surface area contributed by atoms with Gasteiger partial charge in [0.1, 0.15) is 11.1 Å². The summed E-state index contributed by atoms with van der Waals surface area (Å²) in [5, 5.41) is 10.1. The molecule has 0 N–H and O–H groups in total. The highest BCUT2D eigenvalue weighted by Crippen LogP contribution is 2.33. The summed E-state index contributed by atoms with van der Waals surface area (Å²) >= 11 is 3.11. The molecule has 2 rings (SSSR count). The lowest BCUT2D eigenvalue weighted by atomic mass is 10.2. The first kappa shape index (κ1) is 12.0. The van der Waals surface area contributed by atoms with E-state index in [0.717, 1.165) is 20.4 Å². The van der Waals surface area contributed by atoms with Gasteiger partial charge in [-0.15, -0.1) is 11.8 Å². The van der Waals surface area contributed by atoms with Gasteiger partial charge in [0, 0.05) is 16.0 Å². The normalized spacial score (nSPS) is 9.88. The molecule has 0 bridgehead atoms. The third-order valence-corrected chi connectivity index (χ3v) is 3.96. The van der Waals surface area contributed by atoms with E-state index in [1.54, 1.807) is 18.0 Å². The molecule has 1 aromatic heterocycles. The first-order valence-electron chi connectivity index (χ1n) is 5.01. The Bertz CT molecular complexity index is 547. The van der Waals surface area contributed by atoms with Gasteiger partial charge in [0.25, 0.3) is 0 Å². The van der Waals surface area contributed by atoms with Crippen LogP contribution in [0.5, 0.6) is 0 Å². The van der Waals surface area contributed by atoms with E-state index < -0.39 is 0 Å². The molecule has 1 heterocycles. The van der Waals surface area contributed by atoms with Crippen LogP contribution in [0.2, 0.25) is 0 Å². The number of hydrogen-bond acceptors (Lipinski definition) is 4. The summed E-state index contributed by atoms with van der Waals surface area (Å²) in [6.45, 7) is 0. The van der Waals surface area contributed by atoms with Gasteiger partial charge in [-0.2, -0.15) is 5.26 Å². The summed E-state index contributed by atoms with van der Waals surface area (Å²) in [4.78, 5) is 6.22. The summed E-state index contributed by atoms with van der Waals surface area (Å²) in [5.74, 6) is 0. The molecule has 0 atom stereocenters. The Hall–Kier alpha value is -1.44. The minimum absolute atomic E-state index is 0.732. The van der Waals surface area contributed by atoms with Gasteiger partial charge in [0.2, 0.25) is 0 Å². The first-order chi connectivity index (χ1) is 8.35. The number of thioether (sulfide) groups is 1. The second-order valence-corrected chi connectivity index (χ2v) is 5.13. The van der Waals surface area contributed by atoms with Crippen LogP contribution in [0, 0.1) is 11.3 Å². The lowest BCUT2D eigenvalue weighted by Crippen LogP contribution is -1.86. The topological polar surface area (TPSA) is 36.7 Å². The number of rotatable bonds is 3. The fourth-order valence-electron chi connectivity index (χ4n) is 1.40. The predicted molar refractivity (Wildman–Crippen MR) is 71.3 cm³/mol. The SMILES string of the molecule is CSc1cccc(Sc2ccccn2)c1C#N. The van der Waals surface area contributed by atoms with Gasteiger partial charge in [0.15, 0.2) is 0 Å². The minimum Gasteiger partial charge on any atom is -0.250 e. The standard InChI is InChI=1S/C13H10N2S2/c1-16-11-5-4-6-12(10(11)9-14)17-13-7-2-3-8-15-13/h2-8H,1H3. The minimum atomic E-state index is 0.732. The highest BCUT2D eigenvalue weighted by molar-refractivity contribution is 7.99. The zero-order valence-corrected chi connectivity index (χ0v) is 10.9. The molecule has 0 unspecified atom stereocenters. The number of benzene rings is 1. The molecule has 0 spiro atoms. The monoisotopic (exact) mass is 258 g/mol. The van der Waals surface area contributed by atoms with Crippen molar-refractivity contribution in [1.29, 1.82) is 5.26 Å². The van der Waals surface area contributed by atoms with E-state index >= 15 is 0 Å². The van der Waals surface area contributed by atoms with E-state index in [4.69, 9.17) is 0 Å². The Balaban J connectivity index is 2.37. The molecule has 0 aliphatic rings. The van der Waals surface area contributed by atoms with Crippen LogP contribution in [-0.4, -0.2) is 11.2 Å². The lowest BCUT2D eigenvalue weighted by molar-refractivity contribution is 1.13. The van der Waals surface area contributed by atoms with Crippen molar-refractivity contribution in [2.45, 2.75) is 14.8 Å². The third-order valence-electron chi connectivity index (χ3n) is 2.17. The van der Waals surface area contributed by atoms with Gasteiger partial charge >= 0.3 is 0 Å². The van der Waals surface area contributed by atoms with E-state index in [-0.39, 0.29) is 0 Å². The van der Waals surface area contributed by atoms with Gasteiger partial charge < -0.3 is 0 Å². The molecular formula is C13H10N2S2. The molecule has 84 valence electrons. The molecule has 17 heavy (non-hydrogen) atoms. The number of pyridine rings is 1.